The number of hydrogen-bond acceptors (Lipinski definition) is 0. The fourth-order valence-corrected chi connectivity index (χ4v) is 8.01. The molecule has 1 saturated carbocycles. The molecule has 1 aromatic rings. The molecule has 244 valence electrons. The molecular weight excluding hydrogens is 568 g/mol. The minimum absolute atomic E-state index is 0.295. The van der Waals surface area contributed by atoms with Gasteiger partial charge in [-0.1, -0.05) is 106 Å². The van der Waals surface area contributed by atoms with Crippen molar-refractivity contribution in [2.45, 2.75) is 128 Å². The second-order valence-electron chi connectivity index (χ2n) is 13.8. The van der Waals surface area contributed by atoms with Crippen LogP contribution in [0, 0.1) is 17.8 Å². The Morgan fingerprint density at radius 2 is 1.22 bits per heavy atom. The molecule has 0 heterocycles. The van der Waals surface area contributed by atoms with E-state index < -0.39 is 24.7 Å². The Balaban J connectivity index is 1.20. The third-order valence-electron chi connectivity index (χ3n) is 10.8. The first-order chi connectivity index (χ1) is 21.9. The van der Waals surface area contributed by atoms with Crippen molar-refractivity contribution in [2.24, 2.45) is 17.8 Å². The molecule has 4 aliphatic carbocycles. The molecule has 0 aromatic heterocycles. The van der Waals surface area contributed by atoms with Crippen LogP contribution in [-0.2, 0) is 0 Å². The molecule has 0 aliphatic heterocycles. The predicted octanol–water partition coefficient (Wildman–Crippen LogP) is 12.5. The van der Waals surface area contributed by atoms with Crippen molar-refractivity contribution in [1.29, 1.82) is 0 Å². The average molecular weight is 621 g/mol. The lowest BCUT2D eigenvalue weighted by molar-refractivity contribution is 0.207. The van der Waals surface area contributed by atoms with Gasteiger partial charge >= 0.3 is 0 Å². The van der Waals surface area contributed by atoms with Crippen LogP contribution in [0.4, 0.5) is 17.6 Å². The van der Waals surface area contributed by atoms with Gasteiger partial charge in [0.1, 0.15) is 0 Å². The van der Waals surface area contributed by atoms with Gasteiger partial charge in [-0.25, -0.2) is 17.6 Å². The molecule has 0 spiro atoms. The lowest BCUT2D eigenvalue weighted by Crippen LogP contribution is -2.27. The molecule has 4 heteroatoms. The number of alkyl halides is 4. The van der Waals surface area contributed by atoms with Crippen molar-refractivity contribution >= 4 is 11.1 Å². The summed E-state index contributed by atoms with van der Waals surface area (Å²) in [7, 11) is 0. The van der Waals surface area contributed by atoms with Gasteiger partial charge in [0.2, 0.25) is 0 Å². The van der Waals surface area contributed by atoms with Crippen LogP contribution in [0.1, 0.15) is 115 Å². The average Bonchev–Trinajstić information content (AvgIpc) is 3.07. The van der Waals surface area contributed by atoms with E-state index >= 15 is 17.6 Å². The minimum Gasteiger partial charge on any atom is -0.239 e. The third kappa shape index (κ3) is 8.22. The van der Waals surface area contributed by atoms with Crippen LogP contribution in [0.3, 0.4) is 0 Å². The Morgan fingerprint density at radius 1 is 0.644 bits per heavy atom. The quantitative estimate of drug-likeness (QED) is 0.124. The fourth-order valence-electron chi connectivity index (χ4n) is 8.01. The molecular formula is C41H52F4. The van der Waals surface area contributed by atoms with Crippen molar-refractivity contribution in [2.75, 3.05) is 0 Å². The first kappa shape index (κ1) is 33.7. The Labute approximate surface area is 269 Å². The summed E-state index contributed by atoms with van der Waals surface area (Å²) in [5, 5.41) is 0. The monoisotopic (exact) mass is 620 g/mol. The molecule has 0 bridgehead atoms. The van der Waals surface area contributed by atoms with Crippen LogP contribution in [0.2, 0.25) is 0 Å². The van der Waals surface area contributed by atoms with Crippen LogP contribution in [-0.4, -0.2) is 24.7 Å². The molecule has 45 heavy (non-hydrogen) atoms. The van der Waals surface area contributed by atoms with Crippen molar-refractivity contribution < 1.29 is 17.6 Å². The number of benzene rings is 1. The largest absolute Gasteiger partial charge is 0.239 e. The smallest absolute Gasteiger partial charge is 0.161 e. The Kier molecular flexibility index (Phi) is 12.2. The number of halogens is 4. The zero-order chi connectivity index (χ0) is 31.8. The summed E-state index contributed by atoms with van der Waals surface area (Å²) < 4.78 is 61.3. The van der Waals surface area contributed by atoms with Crippen LogP contribution in [0.15, 0.2) is 83.5 Å². The van der Waals surface area contributed by atoms with E-state index in [1.165, 1.54) is 44.9 Å². The molecule has 5 unspecified atom stereocenters. The van der Waals surface area contributed by atoms with E-state index in [2.05, 4.69) is 32.1 Å². The maximum Gasteiger partial charge on any atom is 0.161 e. The SMILES string of the molecule is C/C=C/C1CCC(C2CC=C(C3=CC=C(c4ccc(C5=CC=C(CCCCCCCC)C(F)C5F)cc4)C(F)C3F)CC2)CC1. The summed E-state index contributed by atoms with van der Waals surface area (Å²) >= 11 is 0. The van der Waals surface area contributed by atoms with Crippen molar-refractivity contribution in [3.63, 3.8) is 0 Å². The number of allylic oxidation sites excluding steroid dienone is 12. The lowest BCUT2D eigenvalue weighted by Gasteiger charge is -2.35. The summed E-state index contributed by atoms with van der Waals surface area (Å²) in [6.45, 7) is 4.27. The maximum atomic E-state index is 15.6. The van der Waals surface area contributed by atoms with E-state index in [1.807, 2.05) is 0 Å². The van der Waals surface area contributed by atoms with Gasteiger partial charge in [-0.2, -0.15) is 0 Å². The molecule has 4 aliphatic rings. The number of rotatable bonds is 12. The lowest BCUT2D eigenvalue weighted by atomic mass is 9.70. The fraction of sp³-hybridized carbons (Fsp3) is 0.561. The molecule has 0 saturated heterocycles. The van der Waals surface area contributed by atoms with Crippen LogP contribution < -0.4 is 0 Å². The van der Waals surface area contributed by atoms with Gasteiger partial charge in [0, 0.05) is 0 Å². The van der Waals surface area contributed by atoms with Gasteiger partial charge in [0.25, 0.3) is 0 Å². The van der Waals surface area contributed by atoms with Gasteiger partial charge in [-0.05, 0) is 121 Å². The van der Waals surface area contributed by atoms with Crippen LogP contribution in [0.5, 0.6) is 0 Å². The normalized spacial score (nSPS) is 30.8. The highest BCUT2D eigenvalue weighted by atomic mass is 19.2. The maximum absolute atomic E-state index is 15.6. The highest BCUT2D eigenvalue weighted by molar-refractivity contribution is 5.78. The molecule has 0 amide bonds. The molecule has 0 N–H and O–H groups in total. The Morgan fingerprint density at radius 3 is 1.84 bits per heavy atom. The highest BCUT2D eigenvalue weighted by Gasteiger charge is 2.35. The Hall–Kier alpha value is -2.62. The van der Waals surface area contributed by atoms with E-state index in [-0.39, 0.29) is 0 Å². The van der Waals surface area contributed by atoms with Gasteiger partial charge in [-0.3, -0.25) is 0 Å². The van der Waals surface area contributed by atoms with Crippen molar-refractivity contribution in [3.8, 4) is 0 Å². The Bertz CT molecular complexity index is 1300. The van der Waals surface area contributed by atoms with E-state index in [4.69, 9.17) is 0 Å². The minimum atomic E-state index is -1.76. The molecule has 5 rings (SSSR count). The second kappa shape index (κ2) is 16.3. The topological polar surface area (TPSA) is 0 Å². The predicted molar refractivity (Wildman–Crippen MR) is 182 cm³/mol. The van der Waals surface area contributed by atoms with E-state index in [9.17, 15) is 0 Å². The first-order valence-electron chi connectivity index (χ1n) is 17.7. The van der Waals surface area contributed by atoms with Gasteiger partial charge < -0.3 is 0 Å². The number of unbranched alkanes of at least 4 members (excludes halogenated alkanes) is 5. The van der Waals surface area contributed by atoms with Gasteiger partial charge in [0.05, 0.1) is 0 Å². The summed E-state index contributed by atoms with van der Waals surface area (Å²) in [4.78, 5) is 0. The van der Waals surface area contributed by atoms with Crippen molar-refractivity contribution in [3.05, 3.63) is 94.6 Å². The van der Waals surface area contributed by atoms with E-state index in [1.54, 1.807) is 48.6 Å². The molecule has 1 aromatic carbocycles. The van der Waals surface area contributed by atoms with Gasteiger partial charge in [-0.15, -0.1) is 0 Å². The standard InChI is InChI=1S/C41H52F4/c1-3-5-6-7-8-9-11-34-24-25-35(39(43)38(34)42)32-20-22-33(23-21-32)37-27-26-36(40(44)41(37)45)31-18-16-30(17-19-31)29-14-12-28(10-4-2)13-15-29/h4,10,18,20-30,38-41H,3,5-9,11-17,19H2,1-2H3/b10-4+. The molecule has 0 nitrogen and oxygen atoms in total. The summed E-state index contributed by atoms with van der Waals surface area (Å²) in [5.41, 5.74) is 3.69. The highest BCUT2D eigenvalue weighted by Crippen LogP contribution is 2.43. The molecule has 5 atom stereocenters. The summed E-state index contributed by atoms with van der Waals surface area (Å²) in [6.07, 6.45) is 21.8. The number of hydrogen-bond donors (Lipinski definition) is 0. The zero-order valence-corrected chi connectivity index (χ0v) is 27.3. The van der Waals surface area contributed by atoms with Gasteiger partial charge in [0.15, 0.2) is 24.7 Å². The van der Waals surface area contributed by atoms with E-state index in [0.717, 1.165) is 55.9 Å². The third-order valence-corrected chi connectivity index (χ3v) is 10.8. The van der Waals surface area contributed by atoms with E-state index in [0.29, 0.717) is 45.8 Å². The van der Waals surface area contributed by atoms with Crippen LogP contribution in [0.25, 0.3) is 11.1 Å². The summed E-state index contributed by atoms with van der Waals surface area (Å²) in [5.74, 6) is 2.11. The summed E-state index contributed by atoms with van der Waals surface area (Å²) in [6, 6.07) is 6.79. The van der Waals surface area contributed by atoms with Crippen molar-refractivity contribution in [1.82, 2.24) is 0 Å². The van der Waals surface area contributed by atoms with Crippen LogP contribution >= 0.6 is 0 Å². The molecule has 1 fully saturated rings. The first-order valence-corrected chi connectivity index (χ1v) is 17.7. The second-order valence-corrected chi connectivity index (χ2v) is 13.8. The zero-order valence-electron chi connectivity index (χ0n) is 27.3. The molecule has 0 radical (unpaired) electrons.